The molecule has 0 aromatic rings. The van der Waals surface area contributed by atoms with Gasteiger partial charge in [-0.1, -0.05) is 0 Å². The minimum atomic E-state index is -0.799. The van der Waals surface area contributed by atoms with Gasteiger partial charge in [-0.2, -0.15) is 0 Å². The molecule has 0 saturated carbocycles. The van der Waals surface area contributed by atoms with Crippen LogP contribution in [-0.2, 0) is 28.6 Å². The number of carbonyl (C=O) groups is 4. The lowest BCUT2D eigenvalue weighted by molar-refractivity contribution is -0.145. The van der Waals surface area contributed by atoms with E-state index in [0.717, 1.165) is 0 Å². The van der Waals surface area contributed by atoms with Gasteiger partial charge in [0.1, 0.15) is 11.6 Å². The van der Waals surface area contributed by atoms with E-state index in [4.69, 9.17) is 4.74 Å². The molecule has 0 spiro atoms. The van der Waals surface area contributed by atoms with Crippen molar-refractivity contribution in [3.63, 3.8) is 0 Å². The van der Waals surface area contributed by atoms with Crippen LogP contribution in [0.1, 0.15) is 52.9 Å². The number of ether oxygens (including phenoxy) is 3. The van der Waals surface area contributed by atoms with Crippen LogP contribution in [-0.4, -0.2) is 56.3 Å². The molecule has 0 aliphatic carbocycles. The minimum absolute atomic E-state index is 0.0595. The van der Waals surface area contributed by atoms with Crippen LogP contribution in [0.3, 0.4) is 0 Å². The van der Waals surface area contributed by atoms with E-state index in [1.807, 2.05) is 0 Å². The molecule has 150 valence electrons. The van der Waals surface area contributed by atoms with Crippen molar-refractivity contribution in [2.75, 3.05) is 20.8 Å². The van der Waals surface area contributed by atoms with E-state index in [-0.39, 0.29) is 12.8 Å². The highest BCUT2D eigenvalue weighted by Crippen LogP contribution is 2.07. The van der Waals surface area contributed by atoms with Gasteiger partial charge >= 0.3 is 18.0 Å². The summed E-state index contributed by atoms with van der Waals surface area (Å²) in [6.07, 6.45) is 0.902. The molecule has 0 saturated heterocycles. The van der Waals surface area contributed by atoms with E-state index in [9.17, 15) is 19.2 Å². The van der Waals surface area contributed by atoms with E-state index < -0.39 is 35.6 Å². The summed E-state index contributed by atoms with van der Waals surface area (Å²) in [5.41, 5.74) is -0.561. The maximum absolute atomic E-state index is 11.8. The van der Waals surface area contributed by atoms with Crippen LogP contribution in [0.2, 0.25) is 0 Å². The van der Waals surface area contributed by atoms with Gasteiger partial charge in [-0.25, -0.2) is 9.59 Å². The largest absolute Gasteiger partial charge is 0.469 e. The van der Waals surface area contributed by atoms with Crippen LogP contribution in [0.25, 0.3) is 0 Å². The molecule has 1 atom stereocenters. The zero-order valence-electron chi connectivity index (χ0n) is 16.2. The van der Waals surface area contributed by atoms with Crippen LogP contribution >= 0.6 is 0 Å². The topological polar surface area (TPSA) is 120 Å². The average Bonchev–Trinajstić information content (AvgIpc) is 2.55. The van der Waals surface area contributed by atoms with Gasteiger partial charge in [0.25, 0.3) is 0 Å². The molecule has 9 nitrogen and oxygen atoms in total. The molecule has 2 N–H and O–H groups in total. The van der Waals surface area contributed by atoms with Crippen molar-refractivity contribution in [1.82, 2.24) is 10.6 Å². The predicted molar refractivity (Wildman–Crippen MR) is 93.3 cm³/mol. The summed E-state index contributed by atoms with van der Waals surface area (Å²) >= 11 is 0. The van der Waals surface area contributed by atoms with E-state index in [1.54, 1.807) is 20.8 Å². The molecule has 0 rings (SSSR count). The Morgan fingerprint density at radius 3 is 2.15 bits per heavy atom. The summed E-state index contributed by atoms with van der Waals surface area (Å²) in [4.78, 5) is 46.1. The lowest BCUT2D eigenvalue weighted by atomic mass is 10.1. The Morgan fingerprint density at radius 2 is 1.62 bits per heavy atom. The molecule has 0 aliphatic rings. The minimum Gasteiger partial charge on any atom is -0.469 e. The van der Waals surface area contributed by atoms with Gasteiger partial charge in [0, 0.05) is 13.0 Å². The van der Waals surface area contributed by atoms with E-state index in [0.29, 0.717) is 25.8 Å². The van der Waals surface area contributed by atoms with Gasteiger partial charge in [-0.15, -0.1) is 0 Å². The first-order valence-corrected chi connectivity index (χ1v) is 8.50. The summed E-state index contributed by atoms with van der Waals surface area (Å²) < 4.78 is 14.2. The first kappa shape index (κ1) is 23.7. The lowest BCUT2D eigenvalue weighted by Gasteiger charge is -2.20. The van der Waals surface area contributed by atoms with Crippen molar-refractivity contribution >= 4 is 23.9 Å². The quantitative estimate of drug-likeness (QED) is 0.336. The second-order valence-corrected chi connectivity index (χ2v) is 6.64. The fourth-order valence-electron chi connectivity index (χ4n) is 1.95. The van der Waals surface area contributed by atoms with Gasteiger partial charge in [-0.05, 0) is 40.0 Å². The molecule has 0 heterocycles. The third-order valence-corrected chi connectivity index (χ3v) is 3.19. The maximum Gasteiger partial charge on any atom is 0.407 e. The molecule has 0 fully saturated rings. The smallest absolute Gasteiger partial charge is 0.407 e. The van der Waals surface area contributed by atoms with Crippen LogP contribution < -0.4 is 10.6 Å². The zero-order valence-corrected chi connectivity index (χ0v) is 16.2. The highest BCUT2D eigenvalue weighted by atomic mass is 16.6. The molecule has 2 amide bonds. The molecule has 0 aromatic heterocycles. The first-order chi connectivity index (χ1) is 12.1. The van der Waals surface area contributed by atoms with Gasteiger partial charge in [0.05, 0.1) is 20.6 Å². The highest BCUT2D eigenvalue weighted by Gasteiger charge is 2.21. The number of alkyl carbamates (subject to hydrolysis) is 1. The predicted octanol–water partition coefficient (Wildman–Crippen LogP) is 1.29. The number of methoxy groups -OCH3 is 2. The number of unbranched alkanes of at least 4 members (excludes halogenated alkanes) is 1. The van der Waals surface area contributed by atoms with Gasteiger partial charge in [-0.3, -0.25) is 9.59 Å². The Balaban J connectivity index is 4.19. The molecule has 0 unspecified atom stereocenters. The van der Waals surface area contributed by atoms with Crippen molar-refractivity contribution < 1.29 is 33.4 Å². The van der Waals surface area contributed by atoms with Crippen LogP contribution in [0.15, 0.2) is 0 Å². The number of hydrogen-bond donors (Lipinski definition) is 2. The number of amides is 2. The highest BCUT2D eigenvalue weighted by molar-refractivity contribution is 5.86. The van der Waals surface area contributed by atoms with E-state index in [1.165, 1.54) is 14.2 Å². The Hall–Kier alpha value is -2.32. The average molecular weight is 374 g/mol. The first-order valence-electron chi connectivity index (χ1n) is 8.50. The monoisotopic (exact) mass is 374 g/mol. The number of hydrogen-bond acceptors (Lipinski definition) is 7. The Bertz CT molecular complexity index is 486. The summed E-state index contributed by atoms with van der Waals surface area (Å²) in [7, 11) is 2.48. The number of carbonyl (C=O) groups excluding carboxylic acids is 4. The van der Waals surface area contributed by atoms with E-state index in [2.05, 4.69) is 20.1 Å². The Labute approximate surface area is 154 Å². The molecule has 9 heteroatoms. The maximum atomic E-state index is 11.8. The van der Waals surface area contributed by atoms with E-state index >= 15 is 0 Å². The Morgan fingerprint density at radius 1 is 0.962 bits per heavy atom. The molecule has 26 heavy (non-hydrogen) atoms. The fraction of sp³-hybridized carbons (Fsp3) is 0.765. The van der Waals surface area contributed by atoms with Crippen molar-refractivity contribution in [3.05, 3.63) is 0 Å². The van der Waals surface area contributed by atoms with Crippen LogP contribution in [0, 0.1) is 0 Å². The molecular weight excluding hydrogens is 344 g/mol. The molecule has 0 bridgehead atoms. The normalized spacial score (nSPS) is 11.9. The lowest BCUT2D eigenvalue weighted by Crippen LogP contribution is -2.41. The molecule has 0 aliphatic heterocycles. The van der Waals surface area contributed by atoms with Gasteiger partial charge in [0.15, 0.2) is 0 Å². The molecule has 0 radical (unpaired) electrons. The second-order valence-electron chi connectivity index (χ2n) is 6.64. The molecule has 0 aromatic carbocycles. The van der Waals surface area contributed by atoms with Crippen molar-refractivity contribution in [2.24, 2.45) is 0 Å². The second kappa shape index (κ2) is 12.1. The summed E-state index contributed by atoms with van der Waals surface area (Å²) in [5.74, 6) is -1.49. The van der Waals surface area contributed by atoms with Crippen molar-refractivity contribution in [1.29, 1.82) is 0 Å². The number of rotatable bonds is 10. The summed E-state index contributed by atoms with van der Waals surface area (Å²) in [5, 5.41) is 5.16. The third-order valence-electron chi connectivity index (χ3n) is 3.19. The Kier molecular flexibility index (Phi) is 11.0. The van der Waals surface area contributed by atoms with Gasteiger partial charge in [0.2, 0.25) is 5.91 Å². The van der Waals surface area contributed by atoms with Crippen molar-refractivity contribution in [3.8, 4) is 0 Å². The summed E-state index contributed by atoms with van der Waals surface area (Å²) in [6.45, 7) is 5.71. The fourth-order valence-corrected chi connectivity index (χ4v) is 1.95. The van der Waals surface area contributed by atoms with Crippen LogP contribution in [0.5, 0.6) is 0 Å². The zero-order chi connectivity index (χ0) is 20.2. The SMILES string of the molecule is COC(=O)CCC(=O)N[C@@H](CCCCNC(=O)OC(C)(C)C)C(=O)OC. The number of nitrogens with one attached hydrogen (secondary N) is 2. The number of esters is 2. The third kappa shape index (κ3) is 12.1. The summed E-state index contributed by atoms with van der Waals surface area (Å²) in [6, 6.07) is -0.799. The molecular formula is C17H30N2O7. The van der Waals surface area contributed by atoms with Crippen molar-refractivity contribution in [2.45, 2.75) is 64.5 Å². The standard InChI is InChI=1S/C17H30N2O7/c1-17(2,3)26-16(23)18-11-7-6-8-12(15(22)25-5)19-13(20)9-10-14(21)24-4/h12H,6-11H2,1-5H3,(H,18,23)(H,19,20)/t12-/m0/s1. The van der Waals surface area contributed by atoms with Crippen LogP contribution in [0.4, 0.5) is 4.79 Å². The van der Waals surface area contributed by atoms with Gasteiger partial charge < -0.3 is 24.8 Å².